The van der Waals surface area contributed by atoms with E-state index in [4.69, 9.17) is 5.73 Å². The van der Waals surface area contributed by atoms with Crippen molar-refractivity contribution >= 4 is 11.5 Å². The smallest absolute Gasteiger partial charge is 0.193 e. The fourth-order valence-corrected chi connectivity index (χ4v) is 2.99. The summed E-state index contributed by atoms with van der Waals surface area (Å²) < 4.78 is 0. The third kappa shape index (κ3) is 2.46. The molecule has 2 N–H and O–H groups in total. The van der Waals surface area contributed by atoms with Crippen molar-refractivity contribution in [2.45, 2.75) is 32.6 Å². The van der Waals surface area contributed by atoms with Gasteiger partial charge in [-0.3, -0.25) is 4.79 Å². The number of carbonyl (C=O) groups excluding carboxylic acids is 1. The predicted octanol–water partition coefficient (Wildman–Crippen LogP) is 3.69. The van der Waals surface area contributed by atoms with Crippen LogP contribution in [0.25, 0.3) is 0 Å². The highest BCUT2D eigenvalue weighted by atomic mass is 16.1. The summed E-state index contributed by atoms with van der Waals surface area (Å²) in [6.45, 7) is 1.96. The fraction of sp³-hybridized carbons (Fsp3) is 0.278. The molecule has 0 bridgehead atoms. The minimum atomic E-state index is 0.0637. The van der Waals surface area contributed by atoms with Crippen molar-refractivity contribution in [1.29, 1.82) is 0 Å². The van der Waals surface area contributed by atoms with Gasteiger partial charge < -0.3 is 5.73 Å². The molecule has 1 aliphatic rings. The Hall–Kier alpha value is -2.09. The topological polar surface area (TPSA) is 43.1 Å². The third-order valence-electron chi connectivity index (χ3n) is 3.97. The zero-order valence-electron chi connectivity index (χ0n) is 11.8. The zero-order valence-corrected chi connectivity index (χ0v) is 11.8. The van der Waals surface area contributed by atoms with E-state index in [1.165, 1.54) is 24.0 Å². The molecule has 3 rings (SSSR count). The molecule has 0 heterocycles. The van der Waals surface area contributed by atoms with Gasteiger partial charge in [-0.25, -0.2) is 0 Å². The normalized spacial score (nSPS) is 13.8. The lowest BCUT2D eigenvalue weighted by Crippen LogP contribution is -2.07. The molecule has 0 radical (unpaired) electrons. The van der Waals surface area contributed by atoms with Crippen molar-refractivity contribution in [2.75, 3.05) is 5.73 Å². The lowest BCUT2D eigenvalue weighted by molar-refractivity contribution is 0.103. The van der Waals surface area contributed by atoms with Gasteiger partial charge in [0.2, 0.25) is 0 Å². The molecule has 0 aromatic heterocycles. The van der Waals surface area contributed by atoms with E-state index in [0.717, 1.165) is 24.0 Å². The molecule has 2 aromatic carbocycles. The van der Waals surface area contributed by atoms with Crippen LogP contribution in [0.5, 0.6) is 0 Å². The Morgan fingerprint density at radius 3 is 2.45 bits per heavy atom. The molecule has 0 aliphatic heterocycles. The van der Waals surface area contributed by atoms with Crippen molar-refractivity contribution in [2.24, 2.45) is 0 Å². The SMILES string of the molecule is Cc1cc(N)cc(C(=O)c2ccc3c(c2)CCCC3)c1. The Bertz CT molecular complexity index is 653. The quantitative estimate of drug-likeness (QED) is 0.664. The summed E-state index contributed by atoms with van der Waals surface area (Å²) in [6, 6.07) is 11.7. The van der Waals surface area contributed by atoms with Gasteiger partial charge in [-0.15, -0.1) is 0 Å². The molecule has 1 aliphatic carbocycles. The van der Waals surface area contributed by atoms with E-state index in [9.17, 15) is 4.79 Å². The van der Waals surface area contributed by atoms with Gasteiger partial charge >= 0.3 is 0 Å². The summed E-state index contributed by atoms with van der Waals surface area (Å²) in [6.07, 6.45) is 4.71. The number of ketones is 1. The molecule has 2 heteroatoms. The number of nitrogens with two attached hydrogens (primary N) is 1. The molecule has 0 fully saturated rings. The minimum absolute atomic E-state index is 0.0637. The second-order valence-corrected chi connectivity index (χ2v) is 5.65. The first-order valence-electron chi connectivity index (χ1n) is 7.17. The molecule has 102 valence electrons. The highest BCUT2D eigenvalue weighted by molar-refractivity contribution is 6.09. The van der Waals surface area contributed by atoms with Gasteiger partial charge in [-0.2, -0.15) is 0 Å². The zero-order chi connectivity index (χ0) is 14.1. The van der Waals surface area contributed by atoms with Gasteiger partial charge in [-0.1, -0.05) is 12.1 Å². The number of carbonyl (C=O) groups is 1. The van der Waals surface area contributed by atoms with Crippen LogP contribution in [0.3, 0.4) is 0 Å². The van der Waals surface area contributed by atoms with E-state index in [1.807, 2.05) is 25.1 Å². The average molecular weight is 265 g/mol. The number of rotatable bonds is 2. The first-order chi connectivity index (χ1) is 9.63. The second kappa shape index (κ2) is 5.12. The maximum absolute atomic E-state index is 12.6. The summed E-state index contributed by atoms with van der Waals surface area (Å²) in [5.41, 5.74) is 11.7. The van der Waals surface area contributed by atoms with E-state index in [-0.39, 0.29) is 5.78 Å². The van der Waals surface area contributed by atoms with Crippen LogP contribution in [0.15, 0.2) is 36.4 Å². The van der Waals surface area contributed by atoms with E-state index in [2.05, 4.69) is 12.1 Å². The first-order valence-corrected chi connectivity index (χ1v) is 7.17. The van der Waals surface area contributed by atoms with Gasteiger partial charge in [0.15, 0.2) is 5.78 Å². The summed E-state index contributed by atoms with van der Waals surface area (Å²) in [4.78, 5) is 12.6. The minimum Gasteiger partial charge on any atom is -0.399 e. The van der Waals surface area contributed by atoms with Gasteiger partial charge in [0, 0.05) is 16.8 Å². The van der Waals surface area contributed by atoms with Crippen LogP contribution in [0, 0.1) is 6.92 Å². The molecule has 0 amide bonds. The van der Waals surface area contributed by atoms with E-state index in [0.29, 0.717) is 11.3 Å². The van der Waals surface area contributed by atoms with Crippen LogP contribution >= 0.6 is 0 Å². The Labute approximate surface area is 119 Å². The molecule has 0 atom stereocenters. The van der Waals surface area contributed by atoms with Gasteiger partial charge in [0.1, 0.15) is 0 Å². The van der Waals surface area contributed by atoms with Crippen LogP contribution in [-0.4, -0.2) is 5.78 Å². The average Bonchev–Trinajstić information content (AvgIpc) is 2.45. The van der Waals surface area contributed by atoms with Gasteiger partial charge in [0.05, 0.1) is 0 Å². The Kier molecular flexibility index (Phi) is 3.31. The largest absolute Gasteiger partial charge is 0.399 e. The lowest BCUT2D eigenvalue weighted by atomic mass is 9.89. The highest BCUT2D eigenvalue weighted by Gasteiger charge is 2.14. The molecule has 0 saturated heterocycles. The third-order valence-corrected chi connectivity index (χ3v) is 3.97. The van der Waals surface area contributed by atoms with Gasteiger partial charge in [0.25, 0.3) is 0 Å². The molecule has 0 spiro atoms. The van der Waals surface area contributed by atoms with Crippen LogP contribution in [0.1, 0.15) is 45.5 Å². The number of hydrogen-bond acceptors (Lipinski definition) is 2. The van der Waals surface area contributed by atoms with Crippen molar-refractivity contribution < 1.29 is 4.79 Å². The summed E-state index contributed by atoms with van der Waals surface area (Å²) >= 11 is 0. The monoisotopic (exact) mass is 265 g/mol. The maximum Gasteiger partial charge on any atom is 0.193 e. The summed E-state index contributed by atoms with van der Waals surface area (Å²) in [5.74, 6) is 0.0637. The van der Waals surface area contributed by atoms with Crippen LogP contribution in [0.2, 0.25) is 0 Å². The molecule has 2 aromatic rings. The Balaban J connectivity index is 1.97. The number of aryl methyl sites for hydroxylation is 3. The molecule has 20 heavy (non-hydrogen) atoms. The van der Waals surface area contributed by atoms with E-state index < -0.39 is 0 Å². The number of benzene rings is 2. The van der Waals surface area contributed by atoms with Crippen molar-refractivity contribution in [3.8, 4) is 0 Å². The first kappa shape index (κ1) is 12.9. The lowest BCUT2D eigenvalue weighted by Gasteiger charge is -2.16. The number of anilines is 1. The molecular weight excluding hydrogens is 246 g/mol. The molecular formula is C18H19NO. The molecule has 0 unspecified atom stereocenters. The molecule has 2 nitrogen and oxygen atoms in total. The Morgan fingerprint density at radius 1 is 0.950 bits per heavy atom. The predicted molar refractivity (Wildman–Crippen MR) is 82.1 cm³/mol. The fourth-order valence-electron chi connectivity index (χ4n) is 2.99. The van der Waals surface area contributed by atoms with Crippen molar-refractivity contribution in [1.82, 2.24) is 0 Å². The van der Waals surface area contributed by atoms with Crippen molar-refractivity contribution in [3.63, 3.8) is 0 Å². The number of fused-ring (bicyclic) bond motifs is 1. The van der Waals surface area contributed by atoms with Crippen LogP contribution < -0.4 is 5.73 Å². The summed E-state index contributed by atoms with van der Waals surface area (Å²) in [7, 11) is 0. The van der Waals surface area contributed by atoms with Crippen LogP contribution in [0.4, 0.5) is 5.69 Å². The Morgan fingerprint density at radius 2 is 1.70 bits per heavy atom. The second-order valence-electron chi connectivity index (χ2n) is 5.65. The maximum atomic E-state index is 12.6. The molecule has 0 saturated carbocycles. The van der Waals surface area contributed by atoms with Gasteiger partial charge in [-0.05, 0) is 73.6 Å². The standard InChI is InChI=1S/C18H19NO/c1-12-8-16(11-17(19)9-12)18(20)15-7-6-13-4-2-3-5-14(13)10-15/h6-11H,2-5,19H2,1H3. The van der Waals surface area contributed by atoms with E-state index >= 15 is 0 Å². The van der Waals surface area contributed by atoms with Crippen molar-refractivity contribution in [3.05, 3.63) is 64.2 Å². The van der Waals surface area contributed by atoms with E-state index in [1.54, 1.807) is 6.07 Å². The number of hydrogen-bond donors (Lipinski definition) is 1. The highest BCUT2D eigenvalue weighted by Crippen LogP contribution is 2.24. The summed E-state index contributed by atoms with van der Waals surface area (Å²) in [5, 5.41) is 0. The van der Waals surface area contributed by atoms with Crippen LogP contribution in [-0.2, 0) is 12.8 Å². The number of nitrogen functional groups attached to an aromatic ring is 1.